The number of hydrogen-bond donors (Lipinski definition) is 2. The lowest BCUT2D eigenvalue weighted by Crippen LogP contribution is -2.32. The quantitative estimate of drug-likeness (QED) is 0.853. The molecule has 3 N–H and O–H groups in total. The summed E-state index contributed by atoms with van der Waals surface area (Å²) in [4.78, 5) is 0.230. The normalized spacial score (nSPS) is 12.9. The average Bonchev–Trinajstić information content (AvgIpc) is 2.53. The van der Waals surface area contributed by atoms with Crippen LogP contribution in [0, 0.1) is 6.92 Å². The Morgan fingerprint density at radius 2 is 1.86 bits per heavy atom. The molecule has 0 aliphatic heterocycles. The molecule has 0 saturated heterocycles. The van der Waals surface area contributed by atoms with E-state index >= 15 is 0 Å². The van der Waals surface area contributed by atoms with E-state index in [4.69, 9.17) is 10.5 Å². The maximum Gasteiger partial charge on any atom is 0.240 e. The molecular formula is C16H20N2O3S. The molecule has 0 spiro atoms. The molecule has 0 amide bonds. The molecule has 6 heteroatoms. The summed E-state index contributed by atoms with van der Waals surface area (Å²) in [5.74, 6) is 0.623. The number of benzene rings is 2. The van der Waals surface area contributed by atoms with E-state index in [2.05, 4.69) is 4.72 Å². The van der Waals surface area contributed by atoms with Gasteiger partial charge in [-0.3, -0.25) is 0 Å². The molecular weight excluding hydrogens is 300 g/mol. The van der Waals surface area contributed by atoms with E-state index in [9.17, 15) is 8.42 Å². The fraction of sp³-hybridized carbons (Fsp3) is 0.250. The van der Waals surface area contributed by atoms with E-state index in [1.165, 1.54) is 6.07 Å². The van der Waals surface area contributed by atoms with Crippen LogP contribution in [0.2, 0.25) is 0 Å². The van der Waals surface area contributed by atoms with Gasteiger partial charge in [0.25, 0.3) is 0 Å². The summed E-state index contributed by atoms with van der Waals surface area (Å²) in [5, 5.41) is 0. The van der Waals surface area contributed by atoms with E-state index in [-0.39, 0.29) is 11.4 Å². The molecule has 2 aromatic carbocycles. The van der Waals surface area contributed by atoms with Gasteiger partial charge in [0.2, 0.25) is 10.0 Å². The van der Waals surface area contributed by atoms with E-state index in [0.29, 0.717) is 11.3 Å². The van der Waals surface area contributed by atoms with Crippen molar-refractivity contribution in [3.8, 4) is 5.75 Å². The van der Waals surface area contributed by atoms with Crippen molar-refractivity contribution in [1.29, 1.82) is 0 Å². The maximum atomic E-state index is 12.4. The first-order chi connectivity index (χ1) is 10.4. The zero-order valence-electron chi connectivity index (χ0n) is 12.6. The summed E-state index contributed by atoms with van der Waals surface area (Å²) in [7, 11) is -2.06. The SMILES string of the molecule is COc1ccc(S(=O)(=O)NC[C@@H](N)c2ccccc2)c(C)c1. The minimum Gasteiger partial charge on any atom is -0.497 e. The van der Waals surface area contributed by atoms with Crippen LogP contribution in [0.15, 0.2) is 53.4 Å². The standard InChI is InChI=1S/C16H20N2O3S/c1-12-10-14(21-2)8-9-16(12)22(19,20)18-11-15(17)13-6-4-3-5-7-13/h3-10,15,18H,11,17H2,1-2H3/t15-/m1/s1. The molecule has 0 heterocycles. The van der Waals surface area contributed by atoms with Gasteiger partial charge in [0, 0.05) is 12.6 Å². The van der Waals surface area contributed by atoms with E-state index < -0.39 is 16.1 Å². The molecule has 0 radical (unpaired) electrons. The van der Waals surface area contributed by atoms with Gasteiger partial charge in [0.15, 0.2) is 0 Å². The van der Waals surface area contributed by atoms with Crippen LogP contribution in [0.3, 0.4) is 0 Å². The van der Waals surface area contributed by atoms with E-state index in [1.54, 1.807) is 26.2 Å². The molecule has 0 fully saturated rings. The molecule has 1 atom stereocenters. The molecule has 22 heavy (non-hydrogen) atoms. The highest BCUT2D eigenvalue weighted by Crippen LogP contribution is 2.21. The third-order valence-corrected chi connectivity index (χ3v) is 4.98. The van der Waals surface area contributed by atoms with Crippen molar-refractivity contribution in [3.05, 3.63) is 59.7 Å². The molecule has 0 aliphatic carbocycles. The monoisotopic (exact) mass is 320 g/mol. The first-order valence-electron chi connectivity index (χ1n) is 6.89. The Bertz CT molecular complexity index is 730. The van der Waals surface area contributed by atoms with Gasteiger partial charge in [-0.15, -0.1) is 0 Å². The minimum absolute atomic E-state index is 0.137. The van der Waals surface area contributed by atoms with Gasteiger partial charge in [-0.2, -0.15) is 0 Å². The average molecular weight is 320 g/mol. The van der Waals surface area contributed by atoms with Crippen LogP contribution in [-0.4, -0.2) is 22.1 Å². The number of nitrogens with two attached hydrogens (primary N) is 1. The molecule has 0 aliphatic rings. The van der Waals surface area contributed by atoms with Crippen molar-refractivity contribution in [2.24, 2.45) is 5.73 Å². The second-order valence-corrected chi connectivity index (χ2v) is 6.74. The highest BCUT2D eigenvalue weighted by molar-refractivity contribution is 7.89. The second-order valence-electron chi connectivity index (χ2n) is 5.00. The third-order valence-electron chi connectivity index (χ3n) is 3.39. The summed E-state index contributed by atoms with van der Waals surface area (Å²) in [5.41, 5.74) is 7.53. The van der Waals surface area contributed by atoms with Crippen LogP contribution in [0.4, 0.5) is 0 Å². The third kappa shape index (κ3) is 3.85. The van der Waals surface area contributed by atoms with Crippen molar-refractivity contribution in [2.45, 2.75) is 17.9 Å². The van der Waals surface area contributed by atoms with Crippen LogP contribution in [0.25, 0.3) is 0 Å². The number of nitrogens with one attached hydrogen (secondary N) is 1. The lowest BCUT2D eigenvalue weighted by molar-refractivity contribution is 0.414. The molecule has 118 valence electrons. The summed E-state index contributed by atoms with van der Waals surface area (Å²) >= 11 is 0. The van der Waals surface area contributed by atoms with Gasteiger partial charge in [0.05, 0.1) is 12.0 Å². The number of hydrogen-bond acceptors (Lipinski definition) is 4. The topological polar surface area (TPSA) is 81.4 Å². The highest BCUT2D eigenvalue weighted by atomic mass is 32.2. The van der Waals surface area contributed by atoms with Crippen molar-refractivity contribution in [1.82, 2.24) is 4.72 Å². The fourth-order valence-electron chi connectivity index (χ4n) is 2.15. The van der Waals surface area contributed by atoms with Gasteiger partial charge in [-0.05, 0) is 36.2 Å². The number of sulfonamides is 1. The first kappa shape index (κ1) is 16.5. The summed E-state index contributed by atoms with van der Waals surface area (Å²) in [6, 6.07) is 13.8. The Hall–Kier alpha value is -1.89. The zero-order chi connectivity index (χ0) is 16.2. The van der Waals surface area contributed by atoms with Gasteiger partial charge in [0.1, 0.15) is 5.75 Å². The Balaban J connectivity index is 2.11. The van der Waals surface area contributed by atoms with Crippen LogP contribution in [-0.2, 0) is 10.0 Å². The number of rotatable bonds is 6. The Labute approximate surface area is 131 Å². The lowest BCUT2D eigenvalue weighted by atomic mass is 10.1. The van der Waals surface area contributed by atoms with Gasteiger partial charge in [-0.1, -0.05) is 30.3 Å². The minimum atomic E-state index is -3.60. The molecule has 0 saturated carbocycles. The Morgan fingerprint density at radius 3 is 2.45 bits per heavy atom. The number of aryl methyl sites for hydroxylation is 1. The zero-order valence-corrected chi connectivity index (χ0v) is 13.4. The second kappa shape index (κ2) is 6.91. The van der Waals surface area contributed by atoms with Crippen molar-refractivity contribution < 1.29 is 13.2 Å². The van der Waals surface area contributed by atoms with Crippen LogP contribution in [0.1, 0.15) is 17.2 Å². The largest absolute Gasteiger partial charge is 0.497 e. The van der Waals surface area contributed by atoms with Crippen molar-refractivity contribution >= 4 is 10.0 Å². The summed E-state index contributed by atoms with van der Waals surface area (Å²) in [6.07, 6.45) is 0. The number of ether oxygens (including phenoxy) is 1. The predicted octanol–water partition coefficient (Wildman–Crippen LogP) is 1.98. The molecule has 2 aromatic rings. The van der Waals surface area contributed by atoms with Gasteiger partial charge in [-0.25, -0.2) is 13.1 Å². The number of methoxy groups -OCH3 is 1. The van der Waals surface area contributed by atoms with Gasteiger partial charge >= 0.3 is 0 Å². The first-order valence-corrected chi connectivity index (χ1v) is 8.37. The molecule has 2 rings (SSSR count). The maximum absolute atomic E-state index is 12.4. The van der Waals surface area contributed by atoms with Crippen LogP contribution in [0.5, 0.6) is 5.75 Å². The highest BCUT2D eigenvalue weighted by Gasteiger charge is 2.18. The van der Waals surface area contributed by atoms with Gasteiger partial charge < -0.3 is 10.5 Å². The predicted molar refractivity (Wildman–Crippen MR) is 86.3 cm³/mol. The molecule has 5 nitrogen and oxygen atoms in total. The van der Waals surface area contributed by atoms with Crippen LogP contribution < -0.4 is 15.2 Å². The Morgan fingerprint density at radius 1 is 1.18 bits per heavy atom. The van der Waals surface area contributed by atoms with Crippen LogP contribution >= 0.6 is 0 Å². The summed E-state index contributed by atoms with van der Waals surface area (Å²) in [6.45, 7) is 1.87. The molecule has 0 bridgehead atoms. The van der Waals surface area contributed by atoms with Crippen molar-refractivity contribution in [2.75, 3.05) is 13.7 Å². The summed E-state index contributed by atoms with van der Waals surface area (Å²) < 4.78 is 32.4. The van der Waals surface area contributed by atoms with E-state index in [1.807, 2.05) is 30.3 Å². The molecule has 0 aromatic heterocycles. The van der Waals surface area contributed by atoms with E-state index in [0.717, 1.165) is 5.56 Å². The fourth-order valence-corrected chi connectivity index (χ4v) is 3.43. The van der Waals surface area contributed by atoms with Crippen molar-refractivity contribution in [3.63, 3.8) is 0 Å². The molecule has 0 unspecified atom stereocenters. The smallest absolute Gasteiger partial charge is 0.240 e. The Kier molecular flexibility index (Phi) is 5.18. The lowest BCUT2D eigenvalue weighted by Gasteiger charge is -2.15.